The second-order valence-corrected chi connectivity index (χ2v) is 4.97. The van der Waals surface area contributed by atoms with Crippen LogP contribution < -0.4 is 11.1 Å². The molecule has 3 N–H and O–H groups in total. The van der Waals surface area contributed by atoms with Crippen LogP contribution in [0.4, 0.5) is 26.3 Å². The molecule has 1 heterocycles. The van der Waals surface area contributed by atoms with Crippen molar-refractivity contribution in [1.29, 1.82) is 0 Å². The van der Waals surface area contributed by atoms with Crippen molar-refractivity contribution in [2.75, 3.05) is 13.2 Å². The Balaban J connectivity index is 0.000000546. The van der Waals surface area contributed by atoms with Crippen molar-refractivity contribution in [1.82, 2.24) is 5.32 Å². The number of rotatable bonds is 4. The molecule has 0 aromatic heterocycles. The highest BCUT2D eigenvalue weighted by molar-refractivity contribution is 5.93. The quantitative estimate of drug-likeness (QED) is 0.410. The molecule has 28 heavy (non-hydrogen) atoms. The Hall–Kier alpha value is -2.73. The van der Waals surface area contributed by atoms with Crippen LogP contribution in [-0.2, 0) is 23.9 Å². The molecule has 0 saturated heterocycles. The van der Waals surface area contributed by atoms with Gasteiger partial charge in [-0.2, -0.15) is 26.3 Å². The summed E-state index contributed by atoms with van der Waals surface area (Å²) in [4.78, 5) is 32.5. The molecule has 0 atom stereocenters. The summed E-state index contributed by atoms with van der Waals surface area (Å²) in [5.74, 6) is -2.87. The molecule has 0 aromatic carbocycles. The Kier molecular flexibility index (Phi) is 9.53. The van der Waals surface area contributed by atoms with Gasteiger partial charge in [-0.15, -0.1) is 0 Å². The van der Waals surface area contributed by atoms with E-state index >= 15 is 0 Å². The average molecular weight is 420 g/mol. The number of hydrogen-bond donors (Lipinski definition) is 2. The van der Waals surface area contributed by atoms with Gasteiger partial charge in [-0.05, 0) is 20.3 Å². The highest BCUT2D eigenvalue weighted by Crippen LogP contribution is 2.31. The van der Waals surface area contributed by atoms with Crippen LogP contribution in [0.2, 0.25) is 0 Å². The lowest BCUT2D eigenvalue weighted by Gasteiger charge is -2.21. The maximum absolute atomic E-state index is 12.5. The third-order valence-electron chi connectivity index (χ3n) is 2.86. The lowest BCUT2D eigenvalue weighted by molar-refractivity contribution is -0.141. The number of esters is 2. The van der Waals surface area contributed by atoms with Crippen LogP contribution in [0.5, 0.6) is 0 Å². The van der Waals surface area contributed by atoms with Crippen LogP contribution in [0.25, 0.3) is 0 Å². The number of carbonyl (C=O) groups is 3. The summed E-state index contributed by atoms with van der Waals surface area (Å²) in [6, 6.07) is 0. The molecule has 0 fully saturated rings. The number of ether oxygens (including phenoxy) is 2. The minimum Gasteiger partial charge on any atom is -0.463 e. The van der Waals surface area contributed by atoms with E-state index in [1.54, 1.807) is 5.32 Å². The van der Waals surface area contributed by atoms with Crippen molar-refractivity contribution >= 4 is 17.8 Å². The van der Waals surface area contributed by atoms with Crippen molar-refractivity contribution in [3.8, 4) is 0 Å². The smallest absolute Gasteiger partial charge is 0.431 e. The average Bonchev–Trinajstić information content (AvgIpc) is 2.54. The molecule has 1 aliphatic heterocycles. The molecule has 0 aliphatic carbocycles. The standard InChI is InChI=1S/C9H10F3NO3.C6H8F3NO2/c1-2-16-8(15)5-3-4-6(14)13-7(5)9(10,11)12;1-2-12-5(11)3-4(10)6(7,8)9/h2-4H2,1H3,(H,13,14);3H,2,10H2,1H3. The van der Waals surface area contributed by atoms with Crippen LogP contribution in [0.1, 0.15) is 26.7 Å². The largest absolute Gasteiger partial charge is 0.463 e. The van der Waals surface area contributed by atoms with Crippen molar-refractivity contribution in [2.45, 2.75) is 39.0 Å². The molecule has 0 spiro atoms. The summed E-state index contributed by atoms with van der Waals surface area (Å²) in [7, 11) is 0. The minimum atomic E-state index is -4.75. The molecule has 160 valence electrons. The minimum absolute atomic E-state index is 0.0125. The molecule has 13 heteroatoms. The van der Waals surface area contributed by atoms with Crippen LogP contribution in [0.15, 0.2) is 23.0 Å². The number of nitrogens with one attached hydrogen (secondary N) is 1. The monoisotopic (exact) mass is 420 g/mol. The first-order valence-corrected chi connectivity index (χ1v) is 7.72. The molecule has 0 aromatic rings. The number of allylic oxidation sites excluding steroid dienone is 2. The number of amides is 1. The Labute approximate surface area is 155 Å². The first-order chi connectivity index (χ1) is 12.7. The Morgan fingerprint density at radius 3 is 2.04 bits per heavy atom. The van der Waals surface area contributed by atoms with Gasteiger partial charge in [0.15, 0.2) is 0 Å². The van der Waals surface area contributed by atoms with Gasteiger partial charge in [0, 0.05) is 6.42 Å². The van der Waals surface area contributed by atoms with E-state index in [0.29, 0.717) is 0 Å². The fourth-order valence-electron chi connectivity index (χ4n) is 1.70. The Morgan fingerprint density at radius 1 is 1.07 bits per heavy atom. The molecule has 7 nitrogen and oxygen atoms in total. The lowest BCUT2D eigenvalue weighted by atomic mass is 10.0. The van der Waals surface area contributed by atoms with Gasteiger partial charge < -0.3 is 20.5 Å². The van der Waals surface area contributed by atoms with Gasteiger partial charge in [0.05, 0.1) is 24.9 Å². The van der Waals surface area contributed by atoms with Crippen molar-refractivity contribution in [2.24, 2.45) is 5.73 Å². The van der Waals surface area contributed by atoms with E-state index in [1.165, 1.54) is 13.8 Å². The number of alkyl halides is 6. The SMILES string of the molecule is CCOC(=O)C1=C(C(F)(F)F)NC(=O)CC1.CCOC(=O)C=C(N)C(F)(F)F. The summed E-state index contributed by atoms with van der Waals surface area (Å²) in [5.41, 5.74) is 1.24. The van der Waals surface area contributed by atoms with Crippen LogP contribution in [0, 0.1) is 0 Å². The van der Waals surface area contributed by atoms with E-state index in [0.717, 1.165) is 0 Å². The zero-order valence-corrected chi connectivity index (χ0v) is 14.8. The summed E-state index contributed by atoms with van der Waals surface area (Å²) < 4.78 is 81.1. The van der Waals surface area contributed by atoms with E-state index in [2.05, 4.69) is 15.2 Å². The van der Waals surface area contributed by atoms with E-state index < -0.39 is 47.2 Å². The molecule has 0 unspecified atom stereocenters. The van der Waals surface area contributed by atoms with E-state index in [-0.39, 0.29) is 32.1 Å². The summed E-state index contributed by atoms with van der Waals surface area (Å²) in [6.45, 7) is 2.98. The van der Waals surface area contributed by atoms with Gasteiger partial charge in [-0.3, -0.25) is 4.79 Å². The number of carbonyl (C=O) groups excluding carboxylic acids is 3. The predicted octanol–water partition coefficient (Wildman–Crippen LogP) is 2.23. The molecule has 0 saturated carbocycles. The normalized spacial score (nSPS) is 15.3. The zero-order chi connectivity index (χ0) is 22.1. The van der Waals surface area contributed by atoms with Crippen molar-refractivity contribution in [3.05, 3.63) is 23.0 Å². The molecule has 1 rings (SSSR count). The Bertz CT molecular complexity index is 652. The molecule has 0 radical (unpaired) electrons. The van der Waals surface area contributed by atoms with Crippen molar-refractivity contribution < 1.29 is 50.2 Å². The fourth-order valence-corrected chi connectivity index (χ4v) is 1.70. The van der Waals surface area contributed by atoms with Gasteiger partial charge in [-0.1, -0.05) is 0 Å². The first kappa shape index (κ1) is 25.3. The maximum Gasteiger partial charge on any atom is 0.431 e. The van der Waals surface area contributed by atoms with Gasteiger partial charge in [0.1, 0.15) is 11.4 Å². The van der Waals surface area contributed by atoms with E-state index in [1.807, 2.05) is 0 Å². The maximum atomic E-state index is 12.5. The summed E-state index contributed by atoms with van der Waals surface area (Å²) in [5, 5.41) is 1.66. The van der Waals surface area contributed by atoms with Gasteiger partial charge in [0.25, 0.3) is 0 Å². The summed E-state index contributed by atoms with van der Waals surface area (Å²) in [6.07, 6.45) is -9.61. The van der Waals surface area contributed by atoms with E-state index in [9.17, 15) is 40.7 Å². The molecule has 1 amide bonds. The second-order valence-electron chi connectivity index (χ2n) is 4.97. The lowest BCUT2D eigenvalue weighted by Crippen LogP contribution is -2.38. The second kappa shape index (κ2) is 10.6. The van der Waals surface area contributed by atoms with Crippen LogP contribution in [0.3, 0.4) is 0 Å². The number of nitrogens with two attached hydrogens (primary N) is 1. The topological polar surface area (TPSA) is 108 Å². The molecule has 0 bridgehead atoms. The third kappa shape index (κ3) is 8.77. The third-order valence-corrected chi connectivity index (χ3v) is 2.86. The van der Waals surface area contributed by atoms with E-state index in [4.69, 9.17) is 0 Å². The Morgan fingerprint density at radius 2 is 1.61 bits per heavy atom. The highest BCUT2D eigenvalue weighted by atomic mass is 19.4. The van der Waals surface area contributed by atoms with Gasteiger partial charge in [-0.25, -0.2) is 9.59 Å². The van der Waals surface area contributed by atoms with Gasteiger partial charge >= 0.3 is 24.3 Å². The van der Waals surface area contributed by atoms with Crippen molar-refractivity contribution in [3.63, 3.8) is 0 Å². The zero-order valence-electron chi connectivity index (χ0n) is 14.8. The first-order valence-electron chi connectivity index (χ1n) is 7.72. The highest BCUT2D eigenvalue weighted by Gasteiger charge is 2.41. The molecule has 1 aliphatic rings. The molecular formula is C15H18F6N2O5. The van der Waals surface area contributed by atoms with Crippen LogP contribution in [-0.4, -0.2) is 43.4 Å². The fraction of sp³-hybridized carbons (Fsp3) is 0.533. The predicted molar refractivity (Wildman–Crippen MR) is 82.0 cm³/mol. The van der Waals surface area contributed by atoms with Gasteiger partial charge in [0.2, 0.25) is 5.91 Å². The molecular weight excluding hydrogens is 402 g/mol. The summed E-state index contributed by atoms with van der Waals surface area (Å²) >= 11 is 0. The number of halogens is 6. The number of hydrogen-bond acceptors (Lipinski definition) is 6. The van der Waals surface area contributed by atoms with Crippen LogP contribution >= 0.6 is 0 Å².